The quantitative estimate of drug-likeness (QED) is 0.721. The van der Waals surface area contributed by atoms with Gasteiger partial charge < -0.3 is 15.2 Å². The number of carbonyl (C=O) groups is 1. The van der Waals surface area contributed by atoms with Gasteiger partial charge in [0.15, 0.2) is 5.82 Å². The molecule has 2 aromatic rings. The van der Waals surface area contributed by atoms with Crippen LogP contribution < -0.4 is 5.73 Å². The molecule has 1 aromatic heterocycles. The Balaban J connectivity index is 1.49. The number of hydrogen-bond acceptors (Lipinski definition) is 4. The van der Waals surface area contributed by atoms with E-state index in [0.29, 0.717) is 12.0 Å². The van der Waals surface area contributed by atoms with Crippen LogP contribution in [-0.2, 0) is 30.5 Å². The summed E-state index contributed by atoms with van der Waals surface area (Å²) < 4.78 is 68.7. The molecule has 1 aliphatic heterocycles. The van der Waals surface area contributed by atoms with Crippen LogP contribution in [-0.4, -0.2) is 38.2 Å². The summed E-state index contributed by atoms with van der Waals surface area (Å²) in [6, 6.07) is 1.75. The topological polar surface area (TPSA) is 77.0 Å². The molecule has 1 aliphatic carbocycles. The van der Waals surface area contributed by atoms with Crippen molar-refractivity contribution in [1.82, 2.24) is 19.7 Å². The molecule has 0 spiro atoms. The van der Waals surface area contributed by atoms with Gasteiger partial charge in [-0.05, 0) is 42.5 Å². The third-order valence-corrected chi connectivity index (χ3v) is 6.11. The van der Waals surface area contributed by atoms with Crippen molar-refractivity contribution >= 4 is 5.91 Å². The average Bonchev–Trinajstić information content (AvgIpc) is 3.18. The van der Waals surface area contributed by atoms with Gasteiger partial charge >= 0.3 is 6.18 Å². The molecule has 0 radical (unpaired) electrons. The highest BCUT2D eigenvalue weighted by Crippen LogP contribution is 2.35. The fourth-order valence-corrected chi connectivity index (χ4v) is 4.36. The Labute approximate surface area is 180 Å². The second kappa shape index (κ2) is 8.27. The number of benzene rings is 1. The van der Waals surface area contributed by atoms with Crippen LogP contribution in [0.25, 0.3) is 0 Å². The molecule has 11 heteroatoms. The summed E-state index contributed by atoms with van der Waals surface area (Å²) in [7, 11) is 0. The summed E-state index contributed by atoms with van der Waals surface area (Å²) in [5.74, 6) is -2.87. The summed E-state index contributed by atoms with van der Waals surface area (Å²) in [6.07, 6.45) is -2.19. The van der Waals surface area contributed by atoms with Crippen LogP contribution in [0, 0.1) is 11.6 Å². The minimum absolute atomic E-state index is 0.0593. The van der Waals surface area contributed by atoms with E-state index in [0.717, 1.165) is 4.57 Å². The SMILES string of the molecule is CCc1cc(F)c([C@H]2CC=C(C(=O)N3CCn4c(nnc4C(F)(F)F)C3)CC2N)cc1F. The van der Waals surface area contributed by atoms with Gasteiger partial charge in [-0.25, -0.2) is 8.78 Å². The maximum atomic E-state index is 14.5. The Kier molecular flexibility index (Phi) is 5.78. The normalized spacial score (nSPS) is 21.3. The predicted octanol–water partition coefficient (Wildman–Crippen LogP) is 3.31. The Bertz CT molecular complexity index is 1080. The molecular formula is C21H22F5N5O. The van der Waals surface area contributed by atoms with Crippen molar-refractivity contribution in [3.63, 3.8) is 0 Å². The number of halogens is 5. The first kappa shape index (κ1) is 22.4. The van der Waals surface area contributed by atoms with Gasteiger partial charge in [-0.3, -0.25) is 4.79 Å². The molecule has 2 N–H and O–H groups in total. The van der Waals surface area contributed by atoms with Gasteiger partial charge in [0.25, 0.3) is 0 Å². The summed E-state index contributed by atoms with van der Waals surface area (Å²) in [5.41, 5.74) is 7.11. The first-order valence-corrected chi connectivity index (χ1v) is 10.3. The molecule has 1 amide bonds. The Morgan fingerprint density at radius 2 is 1.94 bits per heavy atom. The molecule has 4 rings (SSSR count). The number of carbonyl (C=O) groups excluding carboxylic acids is 1. The standard InChI is InChI=1S/C21H22F5N5O/c1-2-11-7-16(23)14(9-15(11)22)13-4-3-12(8-17(13)27)19(32)30-5-6-31-18(10-30)28-29-20(31)21(24,25)26/h3,7,9,13,17H,2,4-6,8,10,27H2,1H3/t13-,17?/m1/s1. The minimum Gasteiger partial charge on any atom is -0.330 e. The fraction of sp³-hybridized carbons (Fsp3) is 0.476. The lowest BCUT2D eigenvalue weighted by atomic mass is 9.80. The highest BCUT2D eigenvalue weighted by molar-refractivity contribution is 5.93. The van der Waals surface area contributed by atoms with E-state index in [1.807, 2.05) is 0 Å². The van der Waals surface area contributed by atoms with Crippen LogP contribution in [0.2, 0.25) is 0 Å². The largest absolute Gasteiger partial charge is 0.451 e. The van der Waals surface area contributed by atoms with E-state index < -0.39 is 35.6 Å². The lowest BCUT2D eigenvalue weighted by Gasteiger charge is -2.33. The number of allylic oxidation sites excluding steroid dienone is 1. The lowest BCUT2D eigenvalue weighted by molar-refractivity contribution is -0.148. The molecular weight excluding hydrogens is 433 g/mol. The summed E-state index contributed by atoms with van der Waals surface area (Å²) in [5, 5.41) is 6.79. The van der Waals surface area contributed by atoms with E-state index in [2.05, 4.69) is 10.2 Å². The third-order valence-electron chi connectivity index (χ3n) is 6.11. The number of nitrogens with zero attached hydrogens (tertiary/aromatic N) is 4. The van der Waals surface area contributed by atoms with E-state index >= 15 is 0 Å². The molecule has 1 unspecified atom stereocenters. The highest BCUT2D eigenvalue weighted by Gasteiger charge is 2.40. The van der Waals surface area contributed by atoms with Gasteiger partial charge in [0.05, 0.1) is 6.54 Å². The van der Waals surface area contributed by atoms with Gasteiger partial charge in [-0.1, -0.05) is 13.0 Å². The first-order chi connectivity index (χ1) is 15.1. The van der Waals surface area contributed by atoms with Crippen molar-refractivity contribution < 1.29 is 26.7 Å². The molecule has 0 bridgehead atoms. The molecule has 2 heterocycles. The lowest BCUT2D eigenvalue weighted by Crippen LogP contribution is -2.42. The monoisotopic (exact) mass is 455 g/mol. The van der Waals surface area contributed by atoms with E-state index in [4.69, 9.17) is 5.73 Å². The highest BCUT2D eigenvalue weighted by atomic mass is 19.4. The van der Waals surface area contributed by atoms with Crippen molar-refractivity contribution in [3.05, 3.63) is 58.2 Å². The number of fused-ring (bicyclic) bond motifs is 1. The van der Waals surface area contributed by atoms with Gasteiger partial charge in [-0.15, -0.1) is 10.2 Å². The first-order valence-electron chi connectivity index (χ1n) is 10.3. The predicted molar refractivity (Wildman–Crippen MR) is 104 cm³/mol. The number of aryl methyl sites for hydroxylation is 1. The second-order valence-corrected chi connectivity index (χ2v) is 8.07. The second-order valence-electron chi connectivity index (χ2n) is 8.07. The van der Waals surface area contributed by atoms with Crippen molar-refractivity contribution in [1.29, 1.82) is 0 Å². The van der Waals surface area contributed by atoms with Crippen LogP contribution >= 0.6 is 0 Å². The molecule has 0 fully saturated rings. The maximum absolute atomic E-state index is 14.5. The molecule has 2 aliphatic rings. The summed E-state index contributed by atoms with van der Waals surface area (Å²) in [6.45, 7) is 1.63. The number of hydrogen-bond donors (Lipinski definition) is 1. The fourth-order valence-electron chi connectivity index (χ4n) is 4.36. The van der Waals surface area contributed by atoms with E-state index in [9.17, 15) is 26.7 Å². The number of rotatable bonds is 3. The molecule has 2 atom stereocenters. The summed E-state index contributed by atoms with van der Waals surface area (Å²) >= 11 is 0. The zero-order valence-corrected chi connectivity index (χ0v) is 17.3. The van der Waals surface area contributed by atoms with Gasteiger partial charge in [0.2, 0.25) is 11.7 Å². The molecule has 32 heavy (non-hydrogen) atoms. The number of nitrogens with two attached hydrogens (primary N) is 1. The van der Waals surface area contributed by atoms with Crippen LogP contribution in [0.1, 0.15) is 48.5 Å². The Morgan fingerprint density at radius 3 is 2.59 bits per heavy atom. The van der Waals surface area contributed by atoms with Crippen molar-refractivity contribution in [3.8, 4) is 0 Å². The van der Waals surface area contributed by atoms with Crippen molar-refractivity contribution in [2.75, 3.05) is 6.54 Å². The summed E-state index contributed by atoms with van der Waals surface area (Å²) in [4.78, 5) is 14.4. The molecule has 0 saturated heterocycles. The van der Waals surface area contributed by atoms with Crippen LogP contribution in [0.4, 0.5) is 22.0 Å². The number of aromatic nitrogens is 3. The van der Waals surface area contributed by atoms with E-state index in [-0.39, 0.29) is 55.3 Å². The third kappa shape index (κ3) is 4.01. The van der Waals surface area contributed by atoms with Crippen LogP contribution in [0.3, 0.4) is 0 Å². The zero-order valence-electron chi connectivity index (χ0n) is 17.3. The molecule has 6 nitrogen and oxygen atoms in total. The maximum Gasteiger partial charge on any atom is 0.451 e. The van der Waals surface area contributed by atoms with Crippen molar-refractivity contribution in [2.45, 2.75) is 57.4 Å². The molecule has 172 valence electrons. The Hall–Kier alpha value is -2.82. The smallest absolute Gasteiger partial charge is 0.330 e. The minimum atomic E-state index is -4.62. The average molecular weight is 455 g/mol. The molecule has 1 aromatic carbocycles. The Morgan fingerprint density at radius 1 is 1.19 bits per heavy atom. The number of amides is 1. The van der Waals surface area contributed by atoms with Gasteiger partial charge in [0, 0.05) is 30.6 Å². The zero-order chi connectivity index (χ0) is 23.2. The van der Waals surface area contributed by atoms with Crippen molar-refractivity contribution in [2.24, 2.45) is 5.73 Å². The van der Waals surface area contributed by atoms with Crippen LogP contribution in [0.5, 0.6) is 0 Å². The van der Waals surface area contributed by atoms with Crippen LogP contribution in [0.15, 0.2) is 23.8 Å². The van der Waals surface area contributed by atoms with Gasteiger partial charge in [0.1, 0.15) is 11.6 Å². The van der Waals surface area contributed by atoms with Gasteiger partial charge in [-0.2, -0.15) is 13.2 Å². The van der Waals surface area contributed by atoms with E-state index in [1.54, 1.807) is 13.0 Å². The molecule has 0 saturated carbocycles. The number of alkyl halides is 3. The van der Waals surface area contributed by atoms with E-state index in [1.165, 1.54) is 17.0 Å².